The van der Waals surface area contributed by atoms with Gasteiger partial charge in [0.25, 0.3) is 5.91 Å². The van der Waals surface area contributed by atoms with Gasteiger partial charge in [-0.05, 0) is 38.0 Å². The number of rotatable bonds is 3. The van der Waals surface area contributed by atoms with E-state index in [9.17, 15) is 19.5 Å². The first-order valence-corrected chi connectivity index (χ1v) is 8.49. The molecule has 122 valence electrons. The number of thioether (sulfide) groups is 1. The first-order valence-electron chi connectivity index (χ1n) is 7.61. The van der Waals surface area contributed by atoms with Gasteiger partial charge in [-0.1, -0.05) is 6.42 Å². The molecule has 2 aliphatic rings. The van der Waals surface area contributed by atoms with Gasteiger partial charge in [0.05, 0.1) is 16.9 Å². The summed E-state index contributed by atoms with van der Waals surface area (Å²) in [4.78, 5) is 36.2. The van der Waals surface area contributed by atoms with Crippen molar-refractivity contribution >= 4 is 35.2 Å². The van der Waals surface area contributed by atoms with Gasteiger partial charge in [0.15, 0.2) is 0 Å². The molecule has 0 spiro atoms. The summed E-state index contributed by atoms with van der Waals surface area (Å²) in [6, 6.07) is 4.83. The number of anilines is 1. The summed E-state index contributed by atoms with van der Waals surface area (Å²) in [6.07, 6.45) is 2.07. The van der Waals surface area contributed by atoms with Crippen LogP contribution in [0.5, 0.6) is 0 Å². The Labute approximate surface area is 138 Å². The second kappa shape index (κ2) is 6.23. The molecule has 3 N–H and O–H groups in total. The molecule has 3 atom stereocenters. The molecule has 0 saturated heterocycles. The molecule has 23 heavy (non-hydrogen) atoms. The number of carbonyl (C=O) groups is 3. The third-order valence-corrected chi connectivity index (χ3v) is 5.50. The molecule has 2 amide bonds. The van der Waals surface area contributed by atoms with Gasteiger partial charge < -0.3 is 15.7 Å². The summed E-state index contributed by atoms with van der Waals surface area (Å²) in [5.41, 5.74) is 1.06. The number of hydrogen-bond acceptors (Lipinski definition) is 4. The number of amides is 2. The van der Waals surface area contributed by atoms with Crippen LogP contribution in [-0.2, 0) is 9.59 Å². The fourth-order valence-electron chi connectivity index (χ4n) is 3.03. The van der Waals surface area contributed by atoms with Crippen molar-refractivity contribution in [3.05, 3.63) is 23.8 Å². The smallest absolute Gasteiger partial charge is 0.308 e. The molecule has 3 rings (SSSR count). The van der Waals surface area contributed by atoms with Crippen LogP contribution in [0.4, 0.5) is 5.69 Å². The second-order valence-corrected chi connectivity index (χ2v) is 7.30. The summed E-state index contributed by atoms with van der Waals surface area (Å²) in [5.74, 6) is -1.77. The highest BCUT2D eigenvalue weighted by molar-refractivity contribution is 8.00. The maximum Gasteiger partial charge on any atom is 0.308 e. The zero-order valence-corrected chi connectivity index (χ0v) is 13.5. The Kier molecular flexibility index (Phi) is 4.30. The van der Waals surface area contributed by atoms with Crippen molar-refractivity contribution in [3.8, 4) is 0 Å². The van der Waals surface area contributed by atoms with Crippen LogP contribution in [0.2, 0.25) is 0 Å². The molecule has 7 heteroatoms. The lowest BCUT2D eigenvalue weighted by atomic mass is 10.0. The minimum atomic E-state index is -0.865. The molecule has 1 aliphatic carbocycles. The van der Waals surface area contributed by atoms with Gasteiger partial charge in [-0.2, -0.15) is 0 Å². The molecule has 0 aromatic heterocycles. The number of carbonyl (C=O) groups excluding carboxylic acids is 2. The Balaban J connectivity index is 1.75. The lowest BCUT2D eigenvalue weighted by Crippen LogP contribution is -2.40. The van der Waals surface area contributed by atoms with Crippen molar-refractivity contribution in [2.24, 2.45) is 5.92 Å². The van der Waals surface area contributed by atoms with Gasteiger partial charge in [-0.3, -0.25) is 14.4 Å². The third kappa shape index (κ3) is 3.19. The average molecular weight is 334 g/mol. The number of nitrogens with one attached hydrogen (secondary N) is 2. The summed E-state index contributed by atoms with van der Waals surface area (Å²) in [5, 5.41) is 14.6. The monoisotopic (exact) mass is 334 g/mol. The standard InChI is InChI=1S/C16H18N2O4S/c1-8-14(19)18-12-7-9(5-6-13(12)23-8)15(20)17-11-4-2-3-10(11)16(21)22/h5-8,10-11H,2-4H2,1H3,(H,17,20)(H,18,19)(H,21,22)/t8?,10-,11+/m0/s1. The number of hydrogen-bond donors (Lipinski definition) is 3. The van der Waals surface area contributed by atoms with Gasteiger partial charge in [-0.15, -0.1) is 11.8 Å². The lowest BCUT2D eigenvalue weighted by molar-refractivity contribution is -0.142. The largest absolute Gasteiger partial charge is 0.481 e. The minimum absolute atomic E-state index is 0.0817. The first-order chi connectivity index (χ1) is 11.0. The van der Waals surface area contributed by atoms with Gasteiger partial charge in [0, 0.05) is 16.5 Å². The SMILES string of the molecule is CC1Sc2ccc(C(=O)N[C@@H]3CCC[C@@H]3C(=O)O)cc2NC1=O. The van der Waals surface area contributed by atoms with E-state index in [1.165, 1.54) is 11.8 Å². The highest BCUT2D eigenvalue weighted by atomic mass is 32.2. The lowest BCUT2D eigenvalue weighted by Gasteiger charge is -2.22. The summed E-state index contributed by atoms with van der Waals surface area (Å²) < 4.78 is 0. The van der Waals surface area contributed by atoms with Gasteiger partial charge in [0.2, 0.25) is 5.91 Å². The number of fused-ring (bicyclic) bond motifs is 1. The molecule has 1 unspecified atom stereocenters. The van der Waals surface area contributed by atoms with E-state index in [-0.39, 0.29) is 23.1 Å². The number of carboxylic acids is 1. The zero-order valence-electron chi connectivity index (χ0n) is 12.7. The fraction of sp³-hybridized carbons (Fsp3) is 0.438. The van der Waals surface area contributed by atoms with E-state index in [0.29, 0.717) is 24.1 Å². The first kappa shape index (κ1) is 15.9. The van der Waals surface area contributed by atoms with E-state index in [1.807, 2.05) is 13.0 Å². The molecular weight excluding hydrogens is 316 g/mol. The predicted molar refractivity (Wildman–Crippen MR) is 86.6 cm³/mol. The minimum Gasteiger partial charge on any atom is -0.481 e. The van der Waals surface area contributed by atoms with Crippen LogP contribution < -0.4 is 10.6 Å². The van der Waals surface area contributed by atoms with Crippen LogP contribution in [0.25, 0.3) is 0 Å². The predicted octanol–water partition coefficient (Wildman–Crippen LogP) is 2.10. The molecule has 1 aromatic carbocycles. The van der Waals surface area contributed by atoms with Gasteiger partial charge >= 0.3 is 5.97 Å². The Morgan fingerprint density at radius 2 is 2.13 bits per heavy atom. The van der Waals surface area contributed by atoms with Crippen molar-refractivity contribution in [1.82, 2.24) is 5.32 Å². The molecule has 1 saturated carbocycles. The topological polar surface area (TPSA) is 95.5 Å². The Hall–Kier alpha value is -2.02. The number of aliphatic carboxylic acids is 1. The summed E-state index contributed by atoms with van der Waals surface area (Å²) in [7, 11) is 0. The normalized spacial score (nSPS) is 26.3. The molecule has 0 radical (unpaired) electrons. The Morgan fingerprint density at radius 3 is 2.87 bits per heavy atom. The Morgan fingerprint density at radius 1 is 1.35 bits per heavy atom. The van der Waals surface area contributed by atoms with E-state index >= 15 is 0 Å². The molecule has 6 nitrogen and oxygen atoms in total. The molecule has 1 aromatic rings. The van der Waals surface area contributed by atoms with Gasteiger partial charge in [0.1, 0.15) is 0 Å². The van der Waals surface area contributed by atoms with E-state index in [0.717, 1.165) is 11.3 Å². The highest BCUT2D eigenvalue weighted by Crippen LogP contribution is 2.36. The van der Waals surface area contributed by atoms with Crippen molar-refractivity contribution in [2.75, 3.05) is 5.32 Å². The molecule has 0 bridgehead atoms. The van der Waals surface area contributed by atoms with Crippen molar-refractivity contribution < 1.29 is 19.5 Å². The van der Waals surface area contributed by atoms with Gasteiger partial charge in [-0.25, -0.2) is 0 Å². The number of carboxylic acid groups (broad SMARTS) is 1. The van der Waals surface area contributed by atoms with Crippen LogP contribution in [0.1, 0.15) is 36.5 Å². The molecule has 1 heterocycles. The van der Waals surface area contributed by atoms with Crippen LogP contribution in [0.3, 0.4) is 0 Å². The van der Waals surface area contributed by atoms with E-state index in [4.69, 9.17) is 0 Å². The molecular formula is C16H18N2O4S. The maximum absolute atomic E-state index is 12.4. The van der Waals surface area contributed by atoms with Crippen LogP contribution in [0, 0.1) is 5.92 Å². The van der Waals surface area contributed by atoms with E-state index in [2.05, 4.69) is 10.6 Å². The fourth-order valence-corrected chi connectivity index (χ4v) is 3.96. The third-order valence-electron chi connectivity index (χ3n) is 4.32. The second-order valence-electron chi connectivity index (χ2n) is 5.92. The maximum atomic E-state index is 12.4. The average Bonchev–Trinajstić information content (AvgIpc) is 2.96. The van der Waals surface area contributed by atoms with Crippen LogP contribution >= 0.6 is 11.8 Å². The van der Waals surface area contributed by atoms with Crippen LogP contribution in [-0.4, -0.2) is 34.2 Å². The molecule has 1 aliphatic heterocycles. The summed E-state index contributed by atoms with van der Waals surface area (Å²) >= 11 is 1.46. The van der Waals surface area contributed by atoms with Crippen molar-refractivity contribution in [1.29, 1.82) is 0 Å². The molecule has 1 fully saturated rings. The summed E-state index contributed by atoms with van der Waals surface area (Å²) in [6.45, 7) is 1.83. The quantitative estimate of drug-likeness (QED) is 0.787. The van der Waals surface area contributed by atoms with Crippen molar-refractivity contribution in [2.45, 2.75) is 42.4 Å². The zero-order chi connectivity index (χ0) is 16.6. The van der Waals surface area contributed by atoms with Crippen LogP contribution in [0.15, 0.2) is 23.1 Å². The Bertz CT molecular complexity index is 676. The van der Waals surface area contributed by atoms with Crippen molar-refractivity contribution in [3.63, 3.8) is 0 Å². The van der Waals surface area contributed by atoms with E-state index < -0.39 is 11.9 Å². The highest BCUT2D eigenvalue weighted by Gasteiger charge is 2.34. The van der Waals surface area contributed by atoms with E-state index in [1.54, 1.807) is 12.1 Å². The number of benzene rings is 1.